The quantitative estimate of drug-likeness (QED) is 0.583. The lowest BCUT2D eigenvalue weighted by Gasteiger charge is -2.33. The van der Waals surface area contributed by atoms with Gasteiger partial charge in [0, 0.05) is 18.6 Å². The van der Waals surface area contributed by atoms with Crippen LogP contribution in [0.1, 0.15) is 33.6 Å². The summed E-state index contributed by atoms with van der Waals surface area (Å²) in [6.07, 6.45) is 2.82. The Balaban J connectivity index is 2.01. The lowest BCUT2D eigenvalue weighted by atomic mass is 9.86. The highest BCUT2D eigenvalue weighted by molar-refractivity contribution is 4.98. The topological polar surface area (TPSA) is 6.48 Å². The van der Waals surface area contributed by atoms with Crippen LogP contribution in [0.2, 0.25) is 0 Å². The zero-order valence-corrected chi connectivity index (χ0v) is 10.1. The van der Waals surface area contributed by atoms with Crippen molar-refractivity contribution in [3.05, 3.63) is 0 Å². The van der Waals surface area contributed by atoms with Gasteiger partial charge >= 0.3 is 0 Å². The van der Waals surface area contributed by atoms with Gasteiger partial charge in [-0.05, 0) is 59.2 Å². The third-order valence-electron chi connectivity index (χ3n) is 4.02. The molecule has 2 heterocycles. The Morgan fingerprint density at radius 1 is 1.00 bits per heavy atom. The molecule has 0 N–H and O–H groups in total. The van der Waals surface area contributed by atoms with Gasteiger partial charge in [-0.1, -0.05) is 0 Å². The smallest absolute Gasteiger partial charge is 0.0125 e. The van der Waals surface area contributed by atoms with E-state index in [0.29, 0.717) is 11.0 Å². The first-order valence-electron chi connectivity index (χ1n) is 5.85. The molecule has 2 nitrogen and oxygen atoms in total. The van der Waals surface area contributed by atoms with Gasteiger partial charge in [0.05, 0.1) is 0 Å². The van der Waals surface area contributed by atoms with E-state index >= 15 is 0 Å². The number of rotatable bonds is 0. The first-order valence-corrected chi connectivity index (χ1v) is 5.85. The number of hydrogen-bond donors (Lipinski definition) is 0. The SMILES string of the molecule is CN1CCC2(CCN(C(C)(C)C)C2)C1. The van der Waals surface area contributed by atoms with E-state index in [1.165, 1.54) is 39.0 Å². The molecule has 2 aliphatic rings. The molecule has 2 saturated heterocycles. The first-order chi connectivity index (χ1) is 6.41. The van der Waals surface area contributed by atoms with Crippen LogP contribution in [0.15, 0.2) is 0 Å². The summed E-state index contributed by atoms with van der Waals surface area (Å²) in [7, 11) is 2.26. The van der Waals surface area contributed by atoms with Crippen molar-refractivity contribution in [3.8, 4) is 0 Å². The fourth-order valence-electron chi connectivity index (χ4n) is 3.00. The van der Waals surface area contributed by atoms with Crippen molar-refractivity contribution in [3.63, 3.8) is 0 Å². The predicted molar refractivity (Wildman–Crippen MR) is 60.5 cm³/mol. The number of hydrogen-bond acceptors (Lipinski definition) is 2. The van der Waals surface area contributed by atoms with E-state index in [4.69, 9.17) is 0 Å². The van der Waals surface area contributed by atoms with Crippen LogP contribution in [0.4, 0.5) is 0 Å². The minimum Gasteiger partial charge on any atom is -0.306 e. The molecule has 2 aliphatic heterocycles. The third-order valence-corrected chi connectivity index (χ3v) is 4.02. The van der Waals surface area contributed by atoms with Crippen molar-refractivity contribution in [2.75, 3.05) is 33.2 Å². The van der Waals surface area contributed by atoms with Gasteiger partial charge in [0.15, 0.2) is 0 Å². The Hall–Kier alpha value is -0.0800. The summed E-state index contributed by atoms with van der Waals surface area (Å²) in [6.45, 7) is 12.3. The van der Waals surface area contributed by atoms with Gasteiger partial charge in [-0.15, -0.1) is 0 Å². The van der Waals surface area contributed by atoms with E-state index in [-0.39, 0.29) is 0 Å². The Kier molecular flexibility index (Phi) is 2.39. The Bertz CT molecular complexity index is 219. The molecular formula is C12H24N2. The first kappa shape index (κ1) is 10.4. The van der Waals surface area contributed by atoms with Gasteiger partial charge in [0.25, 0.3) is 0 Å². The highest BCUT2D eigenvalue weighted by Gasteiger charge is 2.44. The molecule has 2 rings (SSSR count). The fraction of sp³-hybridized carbons (Fsp3) is 1.00. The van der Waals surface area contributed by atoms with Crippen molar-refractivity contribution < 1.29 is 0 Å². The molecular weight excluding hydrogens is 172 g/mol. The van der Waals surface area contributed by atoms with E-state index in [1.807, 2.05) is 0 Å². The van der Waals surface area contributed by atoms with Crippen molar-refractivity contribution in [1.29, 1.82) is 0 Å². The van der Waals surface area contributed by atoms with Gasteiger partial charge in [-0.3, -0.25) is 4.90 Å². The largest absolute Gasteiger partial charge is 0.306 e. The molecule has 1 spiro atoms. The maximum absolute atomic E-state index is 2.66. The molecule has 0 aromatic heterocycles. The van der Waals surface area contributed by atoms with Gasteiger partial charge in [0.1, 0.15) is 0 Å². The van der Waals surface area contributed by atoms with Crippen molar-refractivity contribution in [2.24, 2.45) is 5.41 Å². The van der Waals surface area contributed by atoms with E-state index in [1.54, 1.807) is 0 Å². The van der Waals surface area contributed by atoms with Crippen molar-refractivity contribution in [1.82, 2.24) is 9.80 Å². The lowest BCUT2D eigenvalue weighted by Crippen LogP contribution is -2.41. The summed E-state index contributed by atoms with van der Waals surface area (Å²) in [5.74, 6) is 0. The minimum atomic E-state index is 0.366. The van der Waals surface area contributed by atoms with Crippen LogP contribution in [0, 0.1) is 5.41 Å². The molecule has 82 valence electrons. The Morgan fingerprint density at radius 2 is 1.64 bits per heavy atom. The standard InChI is InChI=1S/C12H24N2/c1-11(2,3)14-8-6-12(10-14)5-7-13(4)9-12/h5-10H2,1-4H3. The van der Waals surface area contributed by atoms with Crippen LogP contribution in [0.25, 0.3) is 0 Å². The van der Waals surface area contributed by atoms with Gasteiger partial charge in [-0.2, -0.15) is 0 Å². The molecule has 2 fully saturated rings. The molecule has 0 radical (unpaired) electrons. The normalized spacial score (nSPS) is 36.0. The molecule has 0 aromatic rings. The second-order valence-electron chi connectivity index (χ2n) is 6.33. The van der Waals surface area contributed by atoms with Crippen molar-refractivity contribution >= 4 is 0 Å². The maximum atomic E-state index is 2.66. The summed E-state index contributed by atoms with van der Waals surface area (Å²) in [4.78, 5) is 5.15. The highest BCUT2D eigenvalue weighted by atomic mass is 15.2. The Morgan fingerprint density at radius 3 is 2.07 bits per heavy atom. The molecule has 0 saturated carbocycles. The monoisotopic (exact) mass is 196 g/mol. The average molecular weight is 196 g/mol. The minimum absolute atomic E-state index is 0.366. The average Bonchev–Trinajstić information content (AvgIpc) is 2.59. The van der Waals surface area contributed by atoms with E-state index in [2.05, 4.69) is 37.6 Å². The van der Waals surface area contributed by atoms with Gasteiger partial charge in [-0.25, -0.2) is 0 Å². The number of likely N-dealkylation sites (tertiary alicyclic amines) is 2. The molecule has 0 aliphatic carbocycles. The molecule has 1 atom stereocenters. The Labute approximate surface area is 88.3 Å². The molecule has 14 heavy (non-hydrogen) atoms. The summed E-state index contributed by atoms with van der Waals surface area (Å²) < 4.78 is 0. The zero-order valence-electron chi connectivity index (χ0n) is 10.1. The summed E-state index contributed by atoms with van der Waals surface area (Å²) in [5.41, 5.74) is 1.01. The van der Waals surface area contributed by atoms with Gasteiger partial charge in [0.2, 0.25) is 0 Å². The van der Waals surface area contributed by atoms with Crippen LogP contribution >= 0.6 is 0 Å². The van der Waals surface area contributed by atoms with Crippen LogP contribution in [-0.4, -0.2) is 48.6 Å². The van der Waals surface area contributed by atoms with Crippen LogP contribution in [0.3, 0.4) is 0 Å². The lowest BCUT2D eigenvalue weighted by molar-refractivity contribution is 0.149. The number of nitrogens with zero attached hydrogens (tertiary/aromatic N) is 2. The van der Waals surface area contributed by atoms with Crippen LogP contribution < -0.4 is 0 Å². The maximum Gasteiger partial charge on any atom is 0.0125 e. The van der Waals surface area contributed by atoms with Crippen LogP contribution in [0.5, 0.6) is 0 Å². The third kappa shape index (κ3) is 1.82. The predicted octanol–water partition coefficient (Wildman–Crippen LogP) is 1.81. The summed E-state index contributed by atoms with van der Waals surface area (Å²) in [5, 5.41) is 0. The van der Waals surface area contributed by atoms with Crippen molar-refractivity contribution in [2.45, 2.75) is 39.2 Å². The summed E-state index contributed by atoms with van der Waals surface area (Å²) in [6, 6.07) is 0. The van der Waals surface area contributed by atoms with Gasteiger partial charge < -0.3 is 4.90 Å². The molecule has 1 unspecified atom stereocenters. The second-order valence-corrected chi connectivity index (χ2v) is 6.33. The summed E-state index contributed by atoms with van der Waals surface area (Å²) >= 11 is 0. The molecule has 0 amide bonds. The highest BCUT2D eigenvalue weighted by Crippen LogP contribution is 2.40. The zero-order chi connectivity index (χ0) is 10.4. The fourth-order valence-corrected chi connectivity index (χ4v) is 3.00. The van der Waals surface area contributed by atoms with Crippen LogP contribution in [-0.2, 0) is 0 Å². The molecule has 2 heteroatoms. The van der Waals surface area contributed by atoms with E-state index in [9.17, 15) is 0 Å². The van der Waals surface area contributed by atoms with E-state index in [0.717, 1.165) is 0 Å². The second kappa shape index (κ2) is 3.21. The molecule has 0 aromatic carbocycles. The molecule has 0 bridgehead atoms. The van der Waals surface area contributed by atoms with E-state index < -0.39 is 0 Å².